The lowest BCUT2D eigenvalue weighted by Crippen LogP contribution is -2.33. The van der Waals surface area contributed by atoms with E-state index >= 15 is 0 Å². The first-order chi connectivity index (χ1) is 9.38. The van der Waals surface area contributed by atoms with Gasteiger partial charge in [-0.25, -0.2) is 0 Å². The number of unbranched alkanes of at least 4 members (excludes halogenated alkanes) is 7. The van der Waals surface area contributed by atoms with Crippen LogP contribution in [0.4, 0.5) is 0 Å². The maximum atomic E-state index is 3.60. The summed E-state index contributed by atoms with van der Waals surface area (Å²) >= 11 is 0. The molecule has 19 heavy (non-hydrogen) atoms. The summed E-state index contributed by atoms with van der Waals surface area (Å²) in [5, 5.41) is 3.60. The van der Waals surface area contributed by atoms with Crippen molar-refractivity contribution in [1.82, 2.24) is 10.2 Å². The number of nitrogens with one attached hydrogen (secondary N) is 1. The number of likely N-dealkylation sites (N-methyl/N-ethyl adjacent to an activating group) is 1. The average Bonchev–Trinajstić information content (AvgIpc) is 3.25. The van der Waals surface area contributed by atoms with Crippen molar-refractivity contribution in [3.63, 3.8) is 0 Å². The van der Waals surface area contributed by atoms with Crippen molar-refractivity contribution in [2.45, 2.75) is 84.1 Å². The highest BCUT2D eigenvalue weighted by molar-refractivity contribution is 4.83. The molecule has 1 aliphatic carbocycles. The van der Waals surface area contributed by atoms with Crippen LogP contribution in [0.25, 0.3) is 0 Å². The van der Waals surface area contributed by atoms with Gasteiger partial charge in [0.2, 0.25) is 0 Å². The second-order valence-corrected chi connectivity index (χ2v) is 6.08. The van der Waals surface area contributed by atoms with E-state index < -0.39 is 0 Å². The minimum absolute atomic E-state index is 0.926. The summed E-state index contributed by atoms with van der Waals surface area (Å²) < 4.78 is 0. The monoisotopic (exact) mass is 268 g/mol. The number of rotatable bonds is 14. The van der Waals surface area contributed by atoms with Crippen molar-refractivity contribution >= 4 is 0 Å². The van der Waals surface area contributed by atoms with E-state index in [0.29, 0.717) is 0 Å². The Morgan fingerprint density at radius 2 is 1.47 bits per heavy atom. The van der Waals surface area contributed by atoms with Gasteiger partial charge in [0.15, 0.2) is 0 Å². The van der Waals surface area contributed by atoms with Gasteiger partial charge in [-0.05, 0) is 32.4 Å². The molecule has 0 aromatic rings. The van der Waals surface area contributed by atoms with E-state index in [2.05, 4.69) is 24.1 Å². The molecule has 0 saturated heterocycles. The Bertz CT molecular complexity index is 190. The molecular formula is C17H36N2. The van der Waals surface area contributed by atoms with Crippen molar-refractivity contribution in [3.05, 3.63) is 0 Å². The average molecular weight is 268 g/mol. The van der Waals surface area contributed by atoms with E-state index in [1.807, 2.05) is 0 Å². The molecule has 1 rings (SSSR count). The fraction of sp³-hybridized carbons (Fsp3) is 1.00. The third-order valence-electron chi connectivity index (χ3n) is 4.25. The third kappa shape index (κ3) is 9.45. The smallest absolute Gasteiger partial charge is 0.0110 e. The van der Waals surface area contributed by atoms with Crippen LogP contribution in [-0.4, -0.2) is 37.1 Å². The predicted octanol–water partition coefficient (Wildman–Crippen LogP) is 4.20. The summed E-state index contributed by atoms with van der Waals surface area (Å²) in [7, 11) is 0. The lowest BCUT2D eigenvalue weighted by Gasteiger charge is -2.19. The highest BCUT2D eigenvalue weighted by Gasteiger charge is 2.26. The highest BCUT2D eigenvalue weighted by atomic mass is 15.2. The van der Waals surface area contributed by atoms with Crippen LogP contribution >= 0.6 is 0 Å². The zero-order valence-electron chi connectivity index (χ0n) is 13.4. The molecule has 0 unspecified atom stereocenters. The maximum Gasteiger partial charge on any atom is 0.0110 e. The molecule has 0 aromatic carbocycles. The first-order valence-electron chi connectivity index (χ1n) is 8.83. The van der Waals surface area contributed by atoms with E-state index in [-0.39, 0.29) is 0 Å². The molecule has 0 spiro atoms. The standard InChI is InChI=1S/C17H36N2/c1-3-5-6-7-8-9-10-11-14-18-15-16-19(4-2)17-12-13-17/h17-18H,3-16H2,1-2H3. The van der Waals surface area contributed by atoms with E-state index in [1.54, 1.807) is 0 Å². The molecule has 114 valence electrons. The Morgan fingerprint density at radius 1 is 0.842 bits per heavy atom. The molecule has 1 N–H and O–H groups in total. The maximum absolute atomic E-state index is 3.60. The van der Waals surface area contributed by atoms with Crippen LogP contribution in [0.3, 0.4) is 0 Å². The van der Waals surface area contributed by atoms with Gasteiger partial charge in [-0.2, -0.15) is 0 Å². The lowest BCUT2D eigenvalue weighted by molar-refractivity contribution is 0.277. The van der Waals surface area contributed by atoms with Gasteiger partial charge in [-0.3, -0.25) is 4.90 Å². The molecule has 0 bridgehead atoms. The van der Waals surface area contributed by atoms with Crippen LogP contribution in [0, 0.1) is 0 Å². The molecule has 1 saturated carbocycles. The number of hydrogen-bond acceptors (Lipinski definition) is 2. The fourth-order valence-corrected chi connectivity index (χ4v) is 2.77. The molecule has 0 heterocycles. The zero-order chi connectivity index (χ0) is 13.8. The molecular weight excluding hydrogens is 232 g/mol. The van der Waals surface area contributed by atoms with Gasteiger partial charge in [-0.15, -0.1) is 0 Å². The summed E-state index contributed by atoms with van der Waals surface area (Å²) in [6.07, 6.45) is 14.2. The molecule has 2 nitrogen and oxygen atoms in total. The van der Waals surface area contributed by atoms with Crippen molar-refractivity contribution < 1.29 is 0 Å². The topological polar surface area (TPSA) is 15.3 Å². The van der Waals surface area contributed by atoms with Gasteiger partial charge in [-0.1, -0.05) is 58.8 Å². The van der Waals surface area contributed by atoms with Crippen LogP contribution in [0.1, 0.15) is 78.1 Å². The molecule has 2 heteroatoms. The van der Waals surface area contributed by atoms with Crippen molar-refractivity contribution in [3.8, 4) is 0 Å². The molecule has 1 aliphatic rings. The fourth-order valence-electron chi connectivity index (χ4n) is 2.77. The van der Waals surface area contributed by atoms with E-state index in [4.69, 9.17) is 0 Å². The zero-order valence-corrected chi connectivity index (χ0v) is 13.4. The molecule has 0 radical (unpaired) electrons. The molecule has 1 fully saturated rings. The van der Waals surface area contributed by atoms with Gasteiger partial charge in [0.05, 0.1) is 0 Å². The first kappa shape index (κ1) is 17.0. The van der Waals surface area contributed by atoms with Crippen LogP contribution in [0.2, 0.25) is 0 Å². The van der Waals surface area contributed by atoms with Crippen LogP contribution < -0.4 is 5.32 Å². The number of nitrogens with zero attached hydrogens (tertiary/aromatic N) is 1. The van der Waals surface area contributed by atoms with Gasteiger partial charge in [0.25, 0.3) is 0 Å². The summed E-state index contributed by atoms with van der Waals surface area (Å²) in [6, 6.07) is 0.926. The molecule has 0 atom stereocenters. The Balaban J connectivity index is 1.73. The SMILES string of the molecule is CCCCCCCCCCNCCN(CC)C1CC1. The summed E-state index contributed by atoms with van der Waals surface area (Å²) in [4.78, 5) is 2.63. The first-order valence-corrected chi connectivity index (χ1v) is 8.83. The highest BCUT2D eigenvalue weighted by Crippen LogP contribution is 2.25. The largest absolute Gasteiger partial charge is 0.315 e. The lowest BCUT2D eigenvalue weighted by atomic mass is 10.1. The van der Waals surface area contributed by atoms with Crippen LogP contribution in [0.5, 0.6) is 0 Å². The molecule has 0 aromatic heterocycles. The Hall–Kier alpha value is -0.0800. The molecule has 0 aliphatic heterocycles. The normalized spacial score (nSPS) is 15.3. The van der Waals surface area contributed by atoms with Gasteiger partial charge in [0.1, 0.15) is 0 Å². The van der Waals surface area contributed by atoms with E-state index in [1.165, 1.54) is 90.4 Å². The van der Waals surface area contributed by atoms with Gasteiger partial charge in [0, 0.05) is 19.1 Å². The second kappa shape index (κ2) is 11.7. The van der Waals surface area contributed by atoms with E-state index in [0.717, 1.165) is 6.04 Å². The molecule has 0 amide bonds. The minimum Gasteiger partial charge on any atom is -0.315 e. The number of hydrogen-bond donors (Lipinski definition) is 1. The summed E-state index contributed by atoms with van der Waals surface area (Å²) in [5.41, 5.74) is 0. The Labute approximate surface area is 121 Å². The predicted molar refractivity (Wildman–Crippen MR) is 85.7 cm³/mol. The third-order valence-corrected chi connectivity index (χ3v) is 4.25. The summed E-state index contributed by atoms with van der Waals surface area (Å²) in [6.45, 7) is 9.45. The van der Waals surface area contributed by atoms with Crippen LogP contribution in [0.15, 0.2) is 0 Å². The summed E-state index contributed by atoms with van der Waals surface area (Å²) in [5.74, 6) is 0. The van der Waals surface area contributed by atoms with Crippen LogP contribution in [-0.2, 0) is 0 Å². The quantitative estimate of drug-likeness (QED) is 0.475. The van der Waals surface area contributed by atoms with E-state index in [9.17, 15) is 0 Å². The van der Waals surface area contributed by atoms with Gasteiger partial charge < -0.3 is 5.32 Å². The van der Waals surface area contributed by atoms with Gasteiger partial charge >= 0.3 is 0 Å². The second-order valence-electron chi connectivity index (χ2n) is 6.08. The van der Waals surface area contributed by atoms with Crippen molar-refractivity contribution in [2.75, 3.05) is 26.2 Å². The minimum atomic E-state index is 0.926. The Kier molecular flexibility index (Phi) is 10.5. The Morgan fingerprint density at radius 3 is 2.05 bits per heavy atom. The van der Waals surface area contributed by atoms with Crippen molar-refractivity contribution in [2.24, 2.45) is 0 Å². The van der Waals surface area contributed by atoms with Crippen molar-refractivity contribution in [1.29, 1.82) is 0 Å².